The summed E-state index contributed by atoms with van der Waals surface area (Å²) in [4.78, 5) is 8.93. The molecule has 110 valence electrons. The molecule has 0 aliphatic rings. The molecule has 7 heteroatoms. The molecule has 0 bridgehead atoms. The molecule has 0 aliphatic carbocycles. The van der Waals surface area contributed by atoms with Gasteiger partial charge in [-0.1, -0.05) is 11.3 Å². The fourth-order valence-corrected chi connectivity index (χ4v) is 2.38. The second-order valence-corrected chi connectivity index (χ2v) is 6.53. The Hall–Kier alpha value is -1.21. The van der Waals surface area contributed by atoms with Crippen LogP contribution in [0.1, 0.15) is 31.3 Å². The van der Waals surface area contributed by atoms with Crippen molar-refractivity contribution in [2.24, 2.45) is 0 Å². The summed E-state index contributed by atoms with van der Waals surface area (Å²) >= 11 is 1.34. The molecule has 2 aromatic heterocycles. The molecule has 0 unspecified atom stereocenters. The number of halogens is 3. The lowest BCUT2D eigenvalue weighted by atomic mass is 10.2. The number of alkyl halides is 3. The molecule has 0 saturated carbocycles. The van der Waals surface area contributed by atoms with Gasteiger partial charge in [0.25, 0.3) is 0 Å². The number of fused-ring (bicyclic) bond motifs is 1. The third kappa shape index (κ3) is 4.42. The van der Waals surface area contributed by atoms with Crippen LogP contribution in [0.15, 0.2) is 12.3 Å². The molecule has 0 fully saturated rings. The zero-order chi connectivity index (χ0) is 15.0. The molecule has 0 aromatic carbocycles. The van der Waals surface area contributed by atoms with Crippen LogP contribution in [0.25, 0.3) is 10.3 Å². The molecule has 0 N–H and O–H groups in total. The summed E-state index contributed by atoms with van der Waals surface area (Å²) in [7, 11) is 0. The second kappa shape index (κ2) is 5.29. The number of hydrogen-bond acceptors (Lipinski definition) is 4. The van der Waals surface area contributed by atoms with Gasteiger partial charge in [0.1, 0.15) is 15.4 Å². The number of nitrogens with zero attached hydrogens (tertiary/aromatic N) is 2. The first kappa shape index (κ1) is 15.2. The molecule has 2 heterocycles. The predicted octanol–water partition coefficient (Wildman–Crippen LogP) is 4.11. The van der Waals surface area contributed by atoms with Crippen LogP contribution in [-0.2, 0) is 17.8 Å². The van der Waals surface area contributed by atoms with Gasteiger partial charge < -0.3 is 4.74 Å². The molecule has 0 aliphatic heterocycles. The standard InChI is InChI=1S/C13H15F3N2OS/c1-12(2,3)19-7-10-18-9-4-8(5-13(14,15)16)6-17-11(9)20-10/h4,6H,5,7H2,1-3H3. The third-order valence-electron chi connectivity index (χ3n) is 2.38. The van der Waals surface area contributed by atoms with Gasteiger partial charge in [0.15, 0.2) is 0 Å². The number of aromatic nitrogens is 2. The van der Waals surface area contributed by atoms with Crippen molar-refractivity contribution in [3.63, 3.8) is 0 Å². The Morgan fingerprint density at radius 2 is 1.95 bits per heavy atom. The molecule has 0 atom stereocenters. The second-order valence-electron chi connectivity index (χ2n) is 5.47. The van der Waals surface area contributed by atoms with Crippen LogP contribution in [-0.4, -0.2) is 21.7 Å². The van der Waals surface area contributed by atoms with Gasteiger partial charge in [0.05, 0.1) is 18.6 Å². The van der Waals surface area contributed by atoms with E-state index in [1.54, 1.807) is 0 Å². The Labute approximate surface area is 118 Å². The van der Waals surface area contributed by atoms with E-state index in [-0.39, 0.29) is 11.2 Å². The van der Waals surface area contributed by atoms with Crippen molar-refractivity contribution in [3.8, 4) is 0 Å². The average molecular weight is 304 g/mol. The minimum absolute atomic E-state index is 0.124. The summed E-state index contributed by atoms with van der Waals surface area (Å²) in [5.41, 5.74) is 0.329. The molecule has 0 saturated heterocycles. The predicted molar refractivity (Wildman–Crippen MR) is 71.7 cm³/mol. The molecule has 2 aromatic rings. The van der Waals surface area contributed by atoms with Crippen LogP contribution in [0, 0.1) is 0 Å². The average Bonchev–Trinajstić information content (AvgIpc) is 2.65. The van der Waals surface area contributed by atoms with E-state index < -0.39 is 12.6 Å². The van der Waals surface area contributed by atoms with Crippen molar-refractivity contribution < 1.29 is 17.9 Å². The van der Waals surface area contributed by atoms with Gasteiger partial charge in [-0.15, -0.1) is 0 Å². The van der Waals surface area contributed by atoms with Gasteiger partial charge in [-0.2, -0.15) is 13.2 Å². The molecule has 0 radical (unpaired) electrons. The zero-order valence-electron chi connectivity index (χ0n) is 11.4. The molecule has 2 rings (SSSR count). The quantitative estimate of drug-likeness (QED) is 0.856. The zero-order valence-corrected chi connectivity index (χ0v) is 12.2. The summed E-state index contributed by atoms with van der Waals surface area (Å²) in [5.74, 6) is 0. The molecule has 20 heavy (non-hydrogen) atoms. The van der Waals surface area contributed by atoms with Gasteiger partial charge in [0, 0.05) is 6.20 Å². The number of rotatable bonds is 3. The Morgan fingerprint density at radius 1 is 1.25 bits per heavy atom. The van der Waals surface area contributed by atoms with Crippen molar-refractivity contribution in [2.75, 3.05) is 0 Å². The van der Waals surface area contributed by atoms with Gasteiger partial charge in [-0.3, -0.25) is 0 Å². The highest BCUT2D eigenvalue weighted by Gasteiger charge is 2.28. The van der Waals surface area contributed by atoms with Crippen LogP contribution in [0.4, 0.5) is 13.2 Å². The van der Waals surface area contributed by atoms with Crippen molar-refractivity contribution >= 4 is 21.7 Å². The normalized spacial score (nSPS) is 13.1. The number of ether oxygens (including phenoxy) is 1. The minimum atomic E-state index is -4.23. The van der Waals surface area contributed by atoms with E-state index >= 15 is 0 Å². The summed E-state index contributed by atoms with van der Waals surface area (Å²) in [6.07, 6.45) is -3.97. The maximum absolute atomic E-state index is 12.3. The van der Waals surface area contributed by atoms with Crippen molar-refractivity contribution in [1.29, 1.82) is 0 Å². The first-order valence-electron chi connectivity index (χ1n) is 6.07. The highest BCUT2D eigenvalue weighted by molar-refractivity contribution is 7.18. The summed E-state index contributed by atoms with van der Waals surface area (Å²) in [5, 5.41) is 0.714. The fraction of sp³-hybridized carbons (Fsp3) is 0.538. The smallest absolute Gasteiger partial charge is 0.369 e. The topological polar surface area (TPSA) is 35.0 Å². The van der Waals surface area contributed by atoms with Gasteiger partial charge in [-0.05, 0) is 32.4 Å². The van der Waals surface area contributed by atoms with E-state index in [2.05, 4.69) is 9.97 Å². The van der Waals surface area contributed by atoms with Crippen LogP contribution in [0.5, 0.6) is 0 Å². The molecular weight excluding hydrogens is 289 g/mol. The van der Waals surface area contributed by atoms with E-state index in [0.29, 0.717) is 22.0 Å². The number of pyridine rings is 1. The van der Waals surface area contributed by atoms with Crippen molar-refractivity contribution in [3.05, 3.63) is 22.8 Å². The fourth-order valence-electron chi connectivity index (χ4n) is 1.58. The van der Waals surface area contributed by atoms with E-state index in [1.807, 2.05) is 20.8 Å². The van der Waals surface area contributed by atoms with Crippen LogP contribution < -0.4 is 0 Å². The summed E-state index contributed by atoms with van der Waals surface area (Å²) in [6, 6.07) is 1.44. The first-order valence-corrected chi connectivity index (χ1v) is 6.89. The maximum atomic E-state index is 12.3. The molecule has 0 amide bonds. The van der Waals surface area contributed by atoms with Crippen LogP contribution >= 0.6 is 11.3 Å². The summed E-state index contributed by atoms with van der Waals surface area (Å²) < 4.78 is 42.6. The van der Waals surface area contributed by atoms with Crippen molar-refractivity contribution in [1.82, 2.24) is 9.97 Å². The van der Waals surface area contributed by atoms with E-state index in [4.69, 9.17) is 4.74 Å². The maximum Gasteiger partial charge on any atom is 0.393 e. The number of hydrogen-bond donors (Lipinski definition) is 0. The Bertz CT molecular complexity index is 602. The van der Waals surface area contributed by atoms with Gasteiger partial charge in [0.2, 0.25) is 0 Å². The summed E-state index contributed by atoms with van der Waals surface area (Å²) in [6.45, 7) is 6.12. The highest BCUT2D eigenvalue weighted by Crippen LogP contribution is 2.26. The van der Waals surface area contributed by atoms with E-state index in [1.165, 1.54) is 23.6 Å². The highest BCUT2D eigenvalue weighted by atomic mass is 32.1. The van der Waals surface area contributed by atoms with Crippen LogP contribution in [0.3, 0.4) is 0 Å². The third-order valence-corrected chi connectivity index (χ3v) is 3.33. The van der Waals surface area contributed by atoms with E-state index in [9.17, 15) is 13.2 Å². The molecular formula is C13H15F3N2OS. The van der Waals surface area contributed by atoms with Gasteiger partial charge >= 0.3 is 6.18 Å². The number of thiazole rings is 1. The Balaban J connectivity index is 2.17. The van der Waals surface area contributed by atoms with Gasteiger partial charge in [-0.25, -0.2) is 9.97 Å². The largest absolute Gasteiger partial charge is 0.393 e. The molecule has 3 nitrogen and oxygen atoms in total. The lowest BCUT2D eigenvalue weighted by molar-refractivity contribution is -0.127. The lowest BCUT2D eigenvalue weighted by Gasteiger charge is -2.18. The molecule has 0 spiro atoms. The van der Waals surface area contributed by atoms with Crippen molar-refractivity contribution in [2.45, 2.75) is 45.6 Å². The SMILES string of the molecule is CC(C)(C)OCc1nc2cc(CC(F)(F)F)cnc2s1. The van der Waals surface area contributed by atoms with E-state index in [0.717, 1.165) is 0 Å². The monoisotopic (exact) mass is 304 g/mol. The Morgan fingerprint density at radius 3 is 2.55 bits per heavy atom. The first-order chi connectivity index (χ1) is 9.12. The van der Waals surface area contributed by atoms with Crippen LogP contribution in [0.2, 0.25) is 0 Å². The Kier molecular flexibility index (Phi) is 4.02. The minimum Gasteiger partial charge on any atom is -0.369 e. The lowest BCUT2D eigenvalue weighted by Crippen LogP contribution is -2.18.